The molecule has 1 aliphatic heterocycles. The number of hydrogen-bond donors (Lipinski definition) is 1. The summed E-state index contributed by atoms with van der Waals surface area (Å²) in [5, 5.41) is 10.1. The summed E-state index contributed by atoms with van der Waals surface area (Å²) in [6.45, 7) is 10.9. The van der Waals surface area contributed by atoms with Crippen molar-refractivity contribution in [1.29, 1.82) is 0 Å². The second-order valence-electron chi connectivity index (χ2n) is 6.62. The number of ether oxygens (including phenoxy) is 1. The molecule has 0 aliphatic carbocycles. The first-order valence-electron chi connectivity index (χ1n) is 7.57. The smallest absolute Gasteiger partial charge is 0.309 e. The van der Waals surface area contributed by atoms with Crippen molar-refractivity contribution in [3.05, 3.63) is 24.3 Å². The van der Waals surface area contributed by atoms with E-state index in [0.717, 1.165) is 31.8 Å². The van der Waals surface area contributed by atoms with Crippen LogP contribution in [-0.4, -0.2) is 50.1 Å². The number of hydrogen-bond acceptors (Lipinski definition) is 4. The molecule has 1 aromatic carbocycles. The summed E-state index contributed by atoms with van der Waals surface area (Å²) in [7, 11) is 0.500. The van der Waals surface area contributed by atoms with Crippen LogP contribution in [0.4, 0.5) is 5.69 Å². The summed E-state index contributed by atoms with van der Waals surface area (Å²) >= 11 is 0. The molecule has 0 atom stereocenters. The van der Waals surface area contributed by atoms with Gasteiger partial charge in [-0.05, 0) is 39.8 Å². The fourth-order valence-electron chi connectivity index (χ4n) is 2.06. The number of nitrogens with zero attached hydrogens (tertiary/aromatic N) is 1. The van der Waals surface area contributed by atoms with E-state index in [1.165, 1.54) is 5.69 Å². The topological polar surface area (TPSA) is 41.9 Å². The van der Waals surface area contributed by atoms with E-state index in [-0.39, 0.29) is 0 Å². The normalized spacial score (nSPS) is 16.9. The summed E-state index contributed by atoms with van der Waals surface area (Å²) in [5.74, 6) is 0. The Morgan fingerprint density at radius 3 is 2.19 bits per heavy atom. The highest BCUT2D eigenvalue weighted by Gasteiger charge is 2.35. The molecule has 1 fully saturated rings. The molecule has 0 radical (unpaired) electrons. The number of morpholine rings is 1. The summed E-state index contributed by atoms with van der Waals surface area (Å²) in [4.78, 5) is 2.33. The van der Waals surface area contributed by atoms with E-state index in [9.17, 15) is 5.11 Å². The van der Waals surface area contributed by atoms with Crippen LogP contribution in [0.25, 0.3) is 0 Å². The minimum absolute atomic E-state index is 0.500. The molecule has 1 aliphatic rings. The third kappa shape index (κ3) is 4.22. The van der Waals surface area contributed by atoms with Crippen molar-refractivity contribution in [1.82, 2.24) is 0 Å². The first kappa shape index (κ1) is 16.3. The van der Waals surface area contributed by atoms with E-state index in [1.54, 1.807) is 13.8 Å². The first-order valence-corrected chi connectivity index (χ1v) is 7.57. The van der Waals surface area contributed by atoms with Gasteiger partial charge in [-0.1, -0.05) is 17.6 Å². The number of anilines is 1. The van der Waals surface area contributed by atoms with E-state index < -0.39 is 11.2 Å². The summed E-state index contributed by atoms with van der Waals surface area (Å²) in [6, 6.07) is 8.43. The minimum Gasteiger partial charge on any atom is -0.427 e. The molecule has 0 saturated carbocycles. The standard InChI is InChI=1S/C16H26BNO3/c1-15(2,19)16(3,4)21-17-13-5-7-14(8-6-13)18-9-11-20-12-10-18/h5-8,17,19H,9-12H2,1-4H3. The SMILES string of the molecule is CC(C)(O)C(C)(C)OBc1ccc(N2CCOCC2)cc1. The Balaban J connectivity index is 1.93. The van der Waals surface area contributed by atoms with Gasteiger partial charge in [0.2, 0.25) is 0 Å². The van der Waals surface area contributed by atoms with Gasteiger partial charge in [-0.2, -0.15) is 0 Å². The first-order chi connectivity index (χ1) is 9.79. The van der Waals surface area contributed by atoms with Gasteiger partial charge in [-0.3, -0.25) is 0 Å². The molecule has 1 saturated heterocycles. The van der Waals surface area contributed by atoms with Crippen molar-refractivity contribution in [3.63, 3.8) is 0 Å². The quantitative estimate of drug-likeness (QED) is 0.824. The average molecular weight is 291 g/mol. The maximum Gasteiger partial charge on any atom is 0.309 e. The molecule has 0 unspecified atom stereocenters. The van der Waals surface area contributed by atoms with Crippen LogP contribution in [0.3, 0.4) is 0 Å². The Morgan fingerprint density at radius 1 is 1.10 bits per heavy atom. The molecule has 21 heavy (non-hydrogen) atoms. The molecule has 1 aromatic rings. The van der Waals surface area contributed by atoms with Crippen LogP contribution < -0.4 is 10.4 Å². The molecule has 0 spiro atoms. The van der Waals surface area contributed by atoms with Crippen LogP contribution >= 0.6 is 0 Å². The summed E-state index contributed by atoms with van der Waals surface area (Å²) in [6.07, 6.45) is 0. The summed E-state index contributed by atoms with van der Waals surface area (Å²) < 4.78 is 11.2. The van der Waals surface area contributed by atoms with E-state index in [2.05, 4.69) is 29.2 Å². The molecule has 116 valence electrons. The highest BCUT2D eigenvalue weighted by molar-refractivity contribution is 6.47. The zero-order chi connectivity index (χ0) is 15.5. The van der Waals surface area contributed by atoms with Gasteiger partial charge in [0, 0.05) is 18.8 Å². The van der Waals surface area contributed by atoms with Crippen molar-refractivity contribution in [3.8, 4) is 0 Å². The fraction of sp³-hybridized carbons (Fsp3) is 0.625. The van der Waals surface area contributed by atoms with E-state index in [1.807, 2.05) is 13.8 Å². The van der Waals surface area contributed by atoms with E-state index in [0.29, 0.717) is 7.48 Å². The largest absolute Gasteiger partial charge is 0.427 e. The van der Waals surface area contributed by atoms with Crippen LogP contribution in [0.2, 0.25) is 0 Å². The lowest BCUT2D eigenvalue weighted by Gasteiger charge is -2.37. The zero-order valence-electron chi connectivity index (χ0n) is 13.6. The molecule has 4 nitrogen and oxygen atoms in total. The number of benzene rings is 1. The number of rotatable bonds is 5. The third-order valence-electron chi connectivity index (χ3n) is 4.39. The predicted molar refractivity (Wildman–Crippen MR) is 87.7 cm³/mol. The van der Waals surface area contributed by atoms with Crippen LogP contribution in [0, 0.1) is 0 Å². The van der Waals surface area contributed by atoms with E-state index >= 15 is 0 Å². The lowest BCUT2D eigenvalue weighted by atomic mass is 9.82. The predicted octanol–water partition coefficient (Wildman–Crippen LogP) is 1.07. The average Bonchev–Trinajstić information content (AvgIpc) is 2.45. The molecule has 0 bridgehead atoms. The third-order valence-corrected chi connectivity index (χ3v) is 4.39. The summed E-state index contributed by atoms with van der Waals surface area (Å²) in [5.41, 5.74) is 0.879. The Bertz CT molecular complexity index is 448. The van der Waals surface area contributed by atoms with Gasteiger partial charge in [-0.15, -0.1) is 0 Å². The van der Waals surface area contributed by atoms with Crippen LogP contribution in [0.5, 0.6) is 0 Å². The van der Waals surface area contributed by atoms with Gasteiger partial charge in [0.15, 0.2) is 0 Å². The highest BCUT2D eigenvalue weighted by Crippen LogP contribution is 2.24. The lowest BCUT2D eigenvalue weighted by molar-refractivity contribution is -0.0893. The van der Waals surface area contributed by atoms with Crippen molar-refractivity contribution in [2.24, 2.45) is 0 Å². The lowest BCUT2D eigenvalue weighted by Crippen LogP contribution is -2.49. The second-order valence-corrected chi connectivity index (χ2v) is 6.62. The van der Waals surface area contributed by atoms with Crippen LogP contribution in [0.15, 0.2) is 24.3 Å². The Morgan fingerprint density at radius 2 is 1.67 bits per heavy atom. The van der Waals surface area contributed by atoms with Gasteiger partial charge in [0.1, 0.15) is 0 Å². The molecule has 0 aromatic heterocycles. The van der Waals surface area contributed by atoms with Crippen molar-refractivity contribution < 1.29 is 14.5 Å². The molecule has 1 heterocycles. The zero-order valence-corrected chi connectivity index (χ0v) is 13.6. The van der Waals surface area contributed by atoms with Gasteiger partial charge in [0.25, 0.3) is 0 Å². The van der Waals surface area contributed by atoms with Gasteiger partial charge >= 0.3 is 7.48 Å². The highest BCUT2D eigenvalue weighted by atomic mass is 16.5. The van der Waals surface area contributed by atoms with Crippen molar-refractivity contribution in [2.45, 2.75) is 38.9 Å². The monoisotopic (exact) mass is 291 g/mol. The minimum atomic E-state index is -0.874. The van der Waals surface area contributed by atoms with E-state index in [4.69, 9.17) is 9.39 Å². The second kappa shape index (κ2) is 6.38. The molecule has 0 amide bonds. The Kier molecular flexibility index (Phi) is 4.97. The van der Waals surface area contributed by atoms with Crippen LogP contribution in [0.1, 0.15) is 27.7 Å². The fourth-order valence-corrected chi connectivity index (χ4v) is 2.06. The van der Waals surface area contributed by atoms with Crippen molar-refractivity contribution >= 4 is 18.6 Å². The molecular formula is C16H26BNO3. The molecular weight excluding hydrogens is 265 g/mol. The van der Waals surface area contributed by atoms with Crippen LogP contribution in [-0.2, 0) is 9.39 Å². The van der Waals surface area contributed by atoms with Gasteiger partial charge in [-0.25, -0.2) is 0 Å². The van der Waals surface area contributed by atoms with Crippen molar-refractivity contribution in [2.75, 3.05) is 31.2 Å². The maximum absolute atomic E-state index is 10.1. The number of aliphatic hydroxyl groups is 1. The Labute approximate surface area is 128 Å². The Hall–Kier alpha value is -1.04. The maximum atomic E-state index is 10.1. The molecule has 1 N–H and O–H groups in total. The van der Waals surface area contributed by atoms with Gasteiger partial charge < -0.3 is 19.4 Å². The molecule has 2 rings (SSSR count). The molecule has 5 heteroatoms. The van der Waals surface area contributed by atoms with Gasteiger partial charge in [0.05, 0.1) is 24.4 Å².